The molecule has 2 saturated heterocycles. The van der Waals surface area contributed by atoms with Crippen LogP contribution in [-0.2, 0) is 9.47 Å². The van der Waals surface area contributed by atoms with E-state index in [0.717, 1.165) is 69.6 Å². The lowest BCUT2D eigenvalue weighted by molar-refractivity contribution is 0.0904. The summed E-state index contributed by atoms with van der Waals surface area (Å²) in [5.74, 6) is 2.04. The average Bonchev–Trinajstić information content (AvgIpc) is 3.25. The molecule has 10 heteroatoms. The number of H-pyrrole nitrogens is 1. The maximum atomic E-state index is 9.52. The Kier molecular flexibility index (Phi) is 5.75. The standard InChI is InChI=1S/C22H26N8O2/c1-14-17(2-3-18(25-14)30-6-10-32-11-7-30)27-22-28-20-19(15(12-23)13-24-20)21(29-22)26-16-4-8-31-9-5-16/h2-3,13,16H,4-11H2,1H3,(H3,24,26,27,28,29). The number of nitrogens with one attached hydrogen (secondary N) is 3. The van der Waals surface area contributed by atoms with E-state index in [9.17, 15) is 5.26 Å². The molecule has 5 heterocycles. The van der Waals surface area contributed by atoms with E-state index in [0.29, 0.717) is 28.4 Å². The van der Waals surface area contributed by atoms with Crippen LogP contribution in [0.4, 0.5) is 23.3 Å². The number of hydrogen-bond donors (Lipinski definition) is 3. The molecule has 0 bridgehead atoms. The molecule has 0 radical (unpaired) electrons. The summed E-state index contributed by atoms with van der Waals surface area (Å²) in [6.07, 6.45) is 3.46. The molecular formula is C22H26N8O2. The number of hydrogen-bond acceptors (Lipinski definition) is 9. The van der Waals surface area contributed by atoms with Gasteiger partial charge in [0.15, 0.2) is 0 Å². The van der Waals surface area contributed by atoms with E-state index < -0.39 is 0 Å². The van der Waals surface area contributed by atoms with Crippen LogP contribution >= 0.6 is 0 Å². The molecule has 0 spiro atoms. The highest BCUT2D eigenvalue weighted by atomic mass is 16.5. The molecule has 10 nitrogen and oxygen atoms in total. The topological polar surface area (TPSA) is 124 Å². The van der Waals surface area contributed by atoms with Crippen LogP contribution in [-0.4, -0.2) is 65.5 Å². The summed E-state index contributed by atoms with van der Waals surface area (Å²) < 4.78 is 10.9. The molecule has 3 aromatic rings. The molecule has 2 aliphatic rings. The summed E-state index contributed by atoms with van der Waals surface area (Å²) >= 11 is 0. The van der Waals surface area contributed by atoms with Crippen LogP contribution in [0.1, 0.15) is 24.1 Å². The van der Waals surface area contributed by atoms with Gasteiger partial charge < -0.3 is 30.0 Å². The number of nitriles is 1. The Morgan fingerprint density at radius 1 is 1.09 bits per heavy atom. The van der Waals surface area contributed by atoms with Gasteiger partial charge in [0.25, 0.3) is 0 Å². The predicted molar refractivity (Wildman–Crippen MR) is 121 cm³/mol. The lowest BCUT2D eigenvalue weighted by Crippen LogP contribution is -2.36. The zero-order chi connectivity index (χ0) is 21.9. The Morgan fingerprint density at radius 3 is 2.62 bits per heavy atom. The normalized spacial score (nSPS) is 17.3. The van der Waals surface area contributed by atoms with Crippen LogP contribution in [0.25, 0.3) is 11.0 Å². The lowest BCUT2D eigenvalue weighted by Gasteiger charge is -2.28. The number of rotatable bonds is 5. The van der Waals surface area contributed by atoms with Gasteiger partial charge in [0.1, 0.15) is 23.4 Å². The number of pyridine rings is 1. The fraction of sp³-hybridized carbons (Fsp3) is 0.455. The van der Waals surface area contributed by atoms with Crippen molar-refractivity contribution in [1.82, 2.24) is 19.9 Å². The third-order valence-corrected chi connectivity index (χ3v) is 5.87. The summed E-state index contributed by atoms with van der Waals surface area (Å²) in [4.78, 5) is 19.4. The maximum absolute atomic E-state index is 9.52. The second-order valence-corrected chi connectivity index (χ2v) is 7.99. The van der Waals surface area contributed by atoms with Crippen molar-refractivity contribution < 1.29 is 9.47 Å². The highest BCUT2D eigenvalue weighted by Gasteiger charge is 2.20. The molecule has 2 aliphatic heterocycles. The summed E-state index contributed by atoms with van der Waals surface area (Å²) in [6.45, 7) is 6.53. The molecule has 3 N–H and O–H groups in total. The molecular weight excluding hydrogens is 408 g/mol. The van der Waals surface area contributed by atoms with Crippen LogP contribution < -0.4 is 15.5 Å². The van der Waals surface area contributed by atoms with Crippen molar-refractivity contribution in [3.05, 3.63) is 29.6 Å². The molecule has 3 aromatic heterocycles. The minimum atomic E-state index is 0.243. The molecule has 0 amide bonds. The number of nitrogens with zero attached hydrogens (tertiary/aromatic N) is 5. The first-order valence-corrected chi connectivity index (χ1v) is 10.9. The van der Waals surface area contributed by atoms with Gasteiger partial charge in [-0.05, 0) is 31.9 Å². The number of aromatic nitrogens is 4. The van der Waals surface area contributed by atoms with Gasteiger partial charge in [-0.25, -0.2) is 4.98 Å². The van der Waals surface area contributed by atoms with Crippen LogP contribution in [0.15, 0.2) is 18.3 Å². The Labute approximate surface area is 186 Å². The van der Waals surface area contributed by atoms with Crippen molar-refractivity contribution in [3.63, 3.8) is 0 Å². The van der Waals surface area contributed by atoms with E-state index in [1.807, 2.05) is 19.1 Å². The first-order valence-electron chi connectivity index (χ1n) is 10.9. The van der Waals surface area contributed by atoms with Crippen molar-refractivity contribution in [2.75, 3.05) is 55.1 Å². The minimum Gasteiger partial charge on any atom is -0.381 e. The summed E-state index contributed by atoms with van der Waals surface area (Å²) in [6, 6.07) is 6.47. The zero-order valence-corrected chi connectivity index (χ0v) is 18.0. The van der Waals surface area contributed by atoms with Gasteiger partial charge >= 0.3 is 0 Å². The maximum Gasteiger partial charge on any atom is 0.231 e. The van der Waals surface area contributed by atoms with Crippen molar-refractivity contribution in [2.24, 2.45) is 0 Å². The number of ether oxygens (including phenoxy) is 2. The zero-order valence-electron chi connectivity index (χ0n) is 18.0. The van der Waals surface area contributed by atoms with E-state index in [1.165, 1.54) is 0 Å². The molecule has 0 aliphatic carbocycles. The Morgan fingerprint density at radius 2 is 1.88 bits per heavy atom. The van der Waals surface area contributed by atoms with E-state index in [2.05, 4.69) is 31.6 Å². The summed E-state index contributed by atoms with van der Waals surface area (Å²) in [5, 5.41) is 17.0. The number of aryl methyl sites for hydroxylation is 1. The molecule has 0 saturated carbocycles. The van der Waals surface area contributed by atoms with E-state index >= 15 is 0 Å². The van der Waals surface area contributed by atoms with Crippen molar-refractivity contribution in [1.29, 1.82) is 5.26 Å². The van der Waals surface area contributed by atoms with E-state index in [1.54, 1.807) is 6.20 Å². The van der Waals surface area contributed by atoms with Gasteiger partial charge in [-0.3, -0.25) is 0 Å². The third-order valence-electron chi connectivity index (χ3n) is 5.87. The molecule has 5 rings (SSSR count). The summed E-state index contributed by atoms with van der Waals surface area (Å²) in [7, 11) is 0. The largest absolute Gasteiger partial charge is 0.381 e. The molecule has 2 fully saturated rings. The smallest absolute Gasteiger partial charge is 0.231 e. The average molecular weight is 435 g/mol. The highest BCUT2D eigenvalue weighted by molar-refractivity contribution is 5.93. The monoisotopic (exact) mass is 434 g/mol. The van der Waals surface area contributed by atoms with Crippen LogP contribution in [0.2, 0.25) is 0 Å². The Balaban J connectivity index is 1.43. The molecule has 0 unspecified atom stereocenters. The van der Waals surface area contributed by atoms with Crippen molar-refractivity contribution in [2.45, 2.75) is 25.8 Å². The second kappa shape index (κ2) is 8.98. The Bertz CT molecular complexity index is 1140. The Hall–Kier alpha value is -3.42. The first kappa shape index (κ1) is 20.5. The first-order chi connectivity index (χ1) is 15.7. The fourth-order valence-electron chi connectivity index (χ4n) is 4.09. The second-order valence-electron chi connectivity index (χ2n) is 7.99. The van der Waals surface area contributed by atoms with Gasteiger partial charge in [0.2, 0.25) is 5.95 Å². The fourth-order valence-corrected chi connectivity index (χ4v) is 4.09. The lowest BCUT2D eigenvalue weighted by atomic mass is 10.1. The number of morpholine rings is 1. The van der Waals surface area contributed by atoms with Gasteiger partial charge in [0, 0.05) is 38.5 Å². The van der Waals surface area contributed by atoms with Gasteiger partial charge in [-0.15, -0.1) is 0 Å². The highest BCUT2D eigenvalue weighted by Crippen LogP contribution is 2.29. The number of fused-ring (bicyclic) bond motifs is 1. The molecule has 0 atom stereocenters. The van der Waals surface area contributed by atoms with E-state index in [-0.39, 0.29) is 6.04 Å². The number of anilines is 4. The quantitative estimate of drug-likeness (QED) is 0.556. The number of aromatic amines is 1. The minimum absolute atomic E-state index is 0.243. The molecule has 32 heavy (non-hydrogen) atoms. The predicted octanol–water partition coefficient (Wildman–Crippen LogP) is 2.70. The van der Waals surface area contributed by atoms with Gasteiger partial charge in [0.05, 0.1) is 35.5 Å². The third kappa shape index (κ3) is 4.17. The van der Waals surface area contributed by atoms with Crippen LogP contribution in [0.3, 0.4) is 0 Å². The van der Waals surface area contributed by atoms with Crippen LogP contribution in [0.5, 0.6) is 0 Å². The van der Waals surface area contributed by atoms with E-state index in [4.69, 9.17) is 19.4 Å². The van der Waals surface area contributed by atoms with Gasteiger partial charge in [-0.2, -0.15) is 15.2 Å². The SMILES string of the molecule is Cc1nc(N2CCOCC2)ccc1Nc1nc(NC2CCOCC2)c2c(C#N)c[nH]c2n1. The van der Waals surface area contributed by atoms with Crippen LogP contribution in [0, 0.1) is 18.3 Å². The molecule has 0 aromatic carbocycles. The summed E-state index contributed by atoms with van der Waals surface area (Å²) in [5.41, 5.74) is 2.84. The van der Waals surface area contributed by atoms with Crippen molar-refractivity contribution in [3.8, 4) is 6.07 Å². The van der Waals surface area contributed by atoms with Crippen molar-refractivity contribution >= 4 is 34.3 Å². The molecule has 166 valence electrons. The van der Waals surface area contributed by atoms with Gasteiger partial charge in [-0.1, -0.05) is 0 Å².